The smallest absolute Gasteiger partial charge is 0.237 e. The van der Waals surface area contributed by atoms with Crippen LogP contribution in [0.15, 0.2) is 17.5 Å². The zero-order valence-electron chi connectivity index (χ0n) is 16.0. The summed E-state index contributed by atoms with van der Waals surface area (Å²) in [4.78, 5) is 35.1. The molecule has 1 atom stereocenters. The van der Waals surface area contributed by atoms with E-state index in [-0.39, 0.29) is 17.9 Å². The van der Waals surface area contributed by atoms with Gasteiger partial charge in [0.05, 0.1) is 19.1 Å². The molecule has 148 valence electrons. The van der Waals surface area contributed by atoms with Crippen LogP contribution in [-0.2, 0) is 9.59 Å². The molecule has 0 bridgehead atoms. The molecule has 3 aliphatic rings. The Labute approximate surface area is 165 Å². The van der Waals surface area contributed by atoms with Crippen molar-refractivity contribution in [3.63, 3.8) is 0 Å². The second-order valence-electron chi connectivity index (χ2n) is 7.90. The van der Waals surface area contributed by atoms with Crippen LogP contribution in [0.2, 0.25) is 0 Å². The van der Waals surface area contributed by atoms with Crippen LogP contribution in [0.5, 0.6) is 0 Å². The van der Waals surface area contributed by atoms with E-state index in [9.17, 15) is 9.59 Å². The van der Waals surface area contributed by atoms with Crippen LogP contribution in [-0.4, -0.2) is 90.3 Å². The molecule has 7 heteroatoms. The summed E-state index contributed by atoms with van der Waals surface area (Å²) in [7, 11) is 0. The SMILES string of the molecule is O=C(CN1CCN(CC(=O)N2CCC[C@H]2c2cccs2)CC1)N1CCCC1. The first-order chi connectivity index (χ1) is 13.2. The standard InChI is InChI=1S/C20H30N4O2S/c25-19(23-7-1-2-8-23)15-21-10-12-22(13-11-21)16-20(26)24-9-3-5-17(24)18-6-4-14-27-18/h4,6,14,17H,1-3,5,7-13,15-16H2/t17-/m0/s1. The molecule has 27 heavy (non-hydrogen) atoms. The van der Waals surface area contributed by atoms with Crippen LogP contribution < -0.4 is 0 Å². The Kier molecular flexibility index (Phi) is 6.10. The van der Waals surface area contributed by atoms with Gasteiger partial charge in [0, 0.05) is 50.7 Å². The van der Waals surface area contributed by atoms with E-state index in [1.807, 2.05) is 4.90 Å². The van der Waals surface area contributed by atoms with Gasteiger partial charge in [0.25, 0.3) is 0 Å². The number of nitrogens with zero attached hydrogens (tertiary/aromatic N) is 4. The Morgan fingerprint density at radius 2 is 1.56 bits per heavy atom. The lowest BCUT2D eigenvalue weighted by molar-refractivity contribution is -0.135. The van der Waals surface area contributed by atoms with Crippen molar-refractivity contribution in [3.8, 4) is 0 Å². The van der Waals surface area contributed by atoms with Crippen molar-refractivity contribution in [1.82, 2.24) is 19.6 Å². The van der Waals surface area contributed by atoms with Crippen molar-refractivity contribution in [1.29, 1.82) is 0 Å². The molecule has 3 saturated heterocycles. The normalized spacial score (nSPS) is 24.7. The summed E-state index contributed by atoms with van der Waals surface area (Å²) < 4.78 is 0. The van der Waals surface area contributed by atoms with E-state index in [0.29, 0.717) is 13.1 Å². The molecule has 0 radical (unpaired) electrons. The molecule has 2 amide bonds. The maximum absolute atomic E-state index is 12.9. The Hall–Kier alpha value is -1.44. The fourth-order valence-electron chi connectivity index (χ4n) is 4.49. The number of piperazine rings is 1. The molecule has 4 rings (SSSR count). The highest BCUT2D eigenvalue weighted by Gasteiger charge is 2.32. The molecule has 6 nitrogen and oxygen atoms in total. The Morgan fingerprint density at radius 1 is 0.889 bits per heavy atom. The van der Waals surface area contributed by atoms with E-state index in [4.69, 9.17) is 0 Å². The lowest BCUT2D eigenvalue weighted by atomic mass is 10.2. The molecule has 3 fully saturated rings. The van der Waals surface area contributed by atoms with Crippen LogP contribution in [0.1, 0.15) is 36.6 Å². The molecule has 0 aromatic carbocycles. The topological polar surface area (TPSA) is 47.1 Å². The number of hydrogen-bond acceptors (Lipinski definition) is 5. The fourth-order valence-corrected chi connectivity index (χ4v) is 5.36. The molecule has 0 N–H and O–H groups in total. The van der Waals surface area contributed by atoms with Gasteiger partial charge in [-0.1, -0.05) is 6.07 Å². The highest BCUT2D eigenvalue weighted by atomic mass is 32.1. The Balaban J connectivity index is 1.23. The predicted molar refractivity (Wildman–Crippen MR) is 107 cm³/mol. The van der Waals surface area contributed by atoms with Crippen LogP contribution in [0, 0.1) is 0 Å². The second kappa shape index (κ2) is 8.71. The second-order valence-corrected chi connectivity index (χ2v) is 8.88. The number of rotatable bonds is 5. The van der Waals surface area contributed by atoms with E-state index < -0.39 is 0 Å². The first-order valence-corrected chi connectivity index (χ1v) is 11.1. The van der Waals surface area contributed by atoms with Crippen molar-refractivity contribution >= 4 is 23.2 Å². The van der Waals surface area contributed by atoms with E-state index in [0.717, 1.165) is 71.5 Å². The van der Waals surface area contributed by atoms with E-state index in [1.54, 1.807) is 11.3 Å². The third-order valence-corrected chi connectivity index (χ3v) is 7.06. The average Bonchev–Trinajstić information content (AvgIpc) is 3.43. The van der Waals surface area contributed by atoms with E-state index >= 15 is 0 Å². The Morgan fingerprint density at radius 3 is 2.19 bits per heavy atom. The maximum Gasteiger partial charge on any atom is 0.237 e. The monoisotopic (exact) mass is 390 g/mol. The highest BCUT2D eigenvalue weighted by Crippen LogP contribution is 2.34. The fraction of sp³-hybridized carbons (Fsp3) is 0.700. The molecule has 4 heterocycles. The van der Waals surface area contributed by atoms with Gasteiger partial charge in [-0.2, -0.15) is 0 Å². The van der Waals surface area contributed by atoms with Gasteiger partial charge in [-0.15, -0.1) is 11.3 Å². The number of amides is 2. The Bertz CT molecular complexity index is 636. The molecule has 0 aliphatic carbocycles. The maximum atomic E-state index is 12.9. The summed E-state index contributed by atoms with van der Waals surface area (Å²) in [5.41, 5.74) is 0. The van der Waals surface area contributed by atoms with Crippen molar-refractivity contribution < 1.29 is 9.59 Å². The quantitative estimate of drug-likeness (QED) is 0.767. The third kappa shape index (κ3) is 4.52. The average molecular weight is 391 g/mol. The van der Waals surface area contributed by atoms with Crippen LogP contribution in [0.4, 0.5) is 0 Å². The number of likely N-dealkylation sites (tertiary alicyclic amines) is 2. The van der Waals surface area contributed by atoms with Crippen molar-refractivity contribution in [3.05, 3.63) is 22.4 Å². The van der Waals surface area contributed by atoms with Gasteiger partial charge >= 0.3 is 0 Å². The summed E-state index contributed by atoms with van der Waals surface area (Å²) in [6, 6.07) is 4.50. The van der Waals surface area contributed by atoms with Gasteiger partial charge in [0.2, 0.25) is 11.8 Å². The molecule has 0 saturated carbocycles. The summed E-state index contributed by atoms with van der Waals surface area (Å²) in [5.74, 6) is 0.528. The predicted octanol–water partition coefficient (Wildman–Crippen LogP) is 1.65. The number of thiophene rings is 1. The first-order valence-electron chi connectivity index (χ1n) is 10.3. The molecule has 1 aromatic rings. The van der Waals surface area contributed by atoms with Gasteiger partial charge in [-0.3, -0.25) is 19.4 Å². The van der Waals surface area contributed by atoms with E-state index in [1.165, 1.54) is 4.88 Å². The number of carbonyl (C=O) groups excluding carboxylic acids is 2. The molecular formula is C20H30N4O2S. The van der Waals surface area contributed by atoms with Gasteiger partial charge < -0.3 is 9.80 Å². The molecule has 0 spiro atoms. The minimum Gasteiger partial charge on any atom is -0.342 e. The lowest BCUT2D eigenvalue weighted by Crippen LogP contribution is -2.52. The number of carbonyl (C=O) groups is 2. The molecule has 1 aromatic heterocycles. The third-order valence-electron chi connectivity index (χ3n) is 6.09. The number of hydrogen-bond donors (Lipinski definition) is 0. The van der Waals surface area contributed by atoms with Crippen LogP contribution in [0.3, 0.4) is 0 Å². The summed E-state index contributed by atoms with van der Waals surface area (Å²) >= 11 is 1.75. The minimum absolute atomic E-state index is 0.257. The lowest BCUT2D eigenvalue weighted by Gasteiger charge is -2.35. The minimum atomic E-state index is 0.257. The van der Waals surface area contributed by atoms with Crippen LogP contribution in [0.25, 0.3) is 0 Å². The van der Waals surface area contributed by atoms with Crippen molar-refractivity contribution in [2.45, 2.75) is 31.7 Å². The van der Waals surface area contributed by atoms with Crippen LogP contribution >= 0.6 is 11.3 Å². The molecule has 3 aliphatic heterocycles. The van der Waals surface area contributed by atoms with E-state index in [2.05, 4.69) is 32.2 Å². The van der Waals surface area contributed by atoms with Gasteiger partial charge in [0.1, 0.15) is 0 Å². The zero-order valence-corrected chi connectivity index (χ0v) is 16.8. The first kappa shape index (κ1) is 18.9. The largest absolute Gasteiger partial charge is 0.342 e. The zero-order chi connectivity index (χ0) is 18.6. The van der Waals surface area contributed by atoms with Gasteiger partial charge in [-0.05, 0) is 37.1 Å². The van der Waals surface area contributed by atoms with Crippen molar-refractivity contribution in [2.75, 3.05) is 58.9 Å². The van der Waals surface area contributed by atoms with Gasteiger partial charge in [0.15, 0.2) is 0 Å². The molecular weight excluding hydrogens is 360 g/mol. The summed E-state index contributed by atoms with van der Waals surface area (Å²) in [6.07, 6.45) is 4.47. The summed E-state index contributed by atoms with van der Waals surface area (Å²) in [6.45, 7) is 7.27. The van der Waals surface area contributed by atoms with Crippen molar-refractivity contribution in [2.24, 2.45) is 0 Å². The molecule has 0 unspecified atom stereocenters. The highest BCUT2D eigenvalue weighted by molar-refractivity contribution is 7.10. The van der Waals surface area contributed by atoms with Gasteiger partial charge in [-0.25, -0.2) is 0 Å². The summed E-state index contributed by atoms with van der Waals surface area (Å²) in [5, 5.41) is 2.10.